The van der Waals surface area contributed by atoms with Crippen molar-refractivity contribution in [3.05, 3.63) is 60.4 Å². The number of nitrogens with zero attached hydrogens (tertiary/aromatic N) is 2. The van der Waals surface area contributed by atoms with Crippen LogP contribution in [0.4, 0.5) is 5.69 Å². The van der Waals surface area contributed by atoms with Crippen LogP contribution in [0.2, 0.25) is 0 Å². The minimum absolute atomic E-state index is 0. The van der Waals surface area contributed by atoms with Gasteiger partial charge in [-0.3, -0.25) is 9.98 Å². The van der Waals surface area contributed by atoms with E-state index in [0.29, 0.717) is 0 Å². The van der Waals surface area contributed by atoms with Crippen molar-refractivity contribution < 1.29 is 5.11 Å². The summed E-state index contributed by atoms with van der Waals surface area (Å²) in [5.41, 5.74) is 7.38. The van der Waals surface area contributed by atoms with Crippen LogP contribution < -0.4 is 11.1 Å². The van der Waals surface area contributed by atoms with Crippen LogP contribution in [0, 0.1) is 0 Å². The van der Waals surface area contributed by atoms with E-state index in [2.05, 4.69) is 15.3 Å². The number of aromatic nitrogens is 1. The van der Waals surface area contributed by atoms with Gasteiger partial charge in [0.15, 0.2) is 5.96 Å². The Morgan fingerprint density at radius 3 is 2.50 bits per heavy atom. The van der Waals surface area contributed by atoms with Gasteiger partial charge in [-0.25, -0.2) is 0 Å². The molecule has 1 aromatic carbocycles. The number of aliphatic hydroxyl groups excluding tert-OH is 1. The van der Waals surface area contributed by atoms with E-state index < -0.39 is 6.10 Å². The molecule has 0 amide bonds. The van der Waals surface area contributed by atoms with Gasteiger partial charge in [0.25, 0.3) is 0 Å². The molecule has 0 saturated carbocycles. The van der Waals surface area contributed by atoms with Gasteiger partial charge < -0.3 is 16.2 Å². The second-order valence-corrected chi connectivity index (χ2v) is 4.01. The molecule has 2 aromatic rings. The predicted octanol–water partition coefficient (Wildman–Crippen LogP) is 2.16. The average molecular weight is 384 g/mol. The number of para-hydroxylation sites is 1. The second-order valence-electron chi connectivity index (χ2n) is 4.01. The number of guanidine groups is 1. The molecular weight excluding hydrogens is 367 g/mol. The maximum Gasteiger partial charge on any atom is 0.193 e. The number of nitrogens with one attached hydrogen (secondary N) is 1. The molecule has 2 rings (SSSR count). The van der Waals surface area contributed by atoms with Crippen LogP contribution in [-0.4, -0.2) is 22.6 Å². The molecule has 0 spiro atoms. The number of hydrogen-bond acceptors (Lipinski definition) is 3. The van der Waals surface area contributed by atoms with E-state index in [1.165, 1.54) is 0 Å². The molecule has 0 saturated heterocycles. The number of anilines is 1. The predicted molar refractivity (Wildman–Crippen MR) is 91.2 cm³/mol. The van der Waals surface area contributed by atoms with Crippen molar-refractivity contribution in [2.24, 2.45) is 10.7 Å². The lowest BCUT2D eigenvalue weighted by Gasteiger charge is -2.09. The highest BCUT2D eigenvalue weighted by Crippen LogP contribution is 2.11. The molecule has 0 bridgehead atoms. The molecule has 0 aliphatic carbocycles. The third-order valence-electron chi connectivity index (χ3n) is 2.57. The van der Waals surface area contributed by atoms with Gasteiger partial charge in [-0.15, -0.1) is 24.0 Å². The van der Waals surface area contributed by atoms with Gasteiger partial charge in [-0.05, 0) is 29.8 Å². The largest absolute Gasteiger partial charge is 0.386 e. The molecule has 4 N–H and O–H groups in total. The molecule has 1 unspecified atom stereocenters. The van der Waals surface area contributed by atoms with Gasteiger partial charge in [-0.1, -0.05) is 18.2 Å². The summed E-state index contributed by atoms with van der Waals surface area (Å²) in [5, 5.41) is 12.9. The Labute approximate surface area is 135 Å². The van der Waals surface area contributed by atoms with Crippen LogP contribution in [0.1, 0.15) is 11.7 Å². The lowest BCUT2D eigenvalue weighted by atomic mass is 10.1. The molecular formula is C14H17IN4O. The lowest BCUT2D eigenvalue weighted by molar-refractivity contribution is 0.187. The van der Waals surface area contributed by atoms with Crippen LogP contribution in [0.15, 0.2) is 59.9 Å². The fraction of sp³-hybridized carbons (Fsp3) is 0.143. The highest BCUT2D eigenvalue weighted by Gasteiger charge is 2.05. The van der Waals surface area contributed by atoms with Crippen LogP contribution in [-0.2, 0) is 0 Å². The fourth-order valence-corrected chi connectivity index (χ4v) is 1.58. The summed E-state index contributed by atoms with van der Waals surface area (Å²) >= 11 is 0. The van der Waals surface area contributed by atoms with E-state index in [-0.39, 0.29) is 36.5 Å². The molecule has 1 atom stereocenters. The molecule has 0 radical (unpaired) electrons. The Bertz CT molecular complexity index is 533. The zero-order valence-electron chi connectivity index (χ0n) is 10.8. The van der Waals surface area contributed by atoms with Crippen LogP contribution in [0.25, 0.3) is 0 Å². The Morgan fingerprint density at radius 1 is 1.20 bits per heavy atom. The Hall–Kier alpha value is -1.67. The van der Waals surface area contributed by atoms with Gasteiger partial charge in [0.05, 0.1) is 12.6 Å². The highest BCUT2D eigenvalue weighted by atomic mass is 127. The maximum atomic E-state index is 9.92. The second kappa shape index (κ2) is 8.49. The van der Waals surface area contributed by atoms with Crippen LogP contribution >= 0.6 is 24.0 Å². The minimum Gasteiger partial charge on any atom is -0.386 e. The van der Waals surface area contributed by atoms with Gasteiger partial charge in [-0.2, -0.15) is 0 Å². The van der Waals surface area contributed by atoms with Crippen molar-refractivity contribution in [1.82, 2.24) is 4.98 Å². The van der Waals surface area contributed by atoms with Gasteiger partial charge >= 0.3 is 0 Å². The van der Waals surface area contributed by atoms with E-state index in [9.17, 15) is 5.11 Å². The zero-order chi connectivity index (χ0) is 13.5. The lowest BCUT2D eigenvalue weighted by Crippen LogP contribution is -2.23. The number of hydrogen-bond donors (Lipinski definition) is 3. The van der Waals surface area contributed by atoms with Gasteiger partial charge in [0.1, 0.15) is 0 Å². The smallest absolute Gasteiger partial charge is 0.193 e. The summed E-state index contributed by atoms with van der Waals surface area (Å²) < 4.78 is 0. The van der Waals surface area contributed by atoms with Crippen molar-refractivity contribution in [3.8, 4) is 0 Å². The molecule has 5 nitrogen and oxygen atoms in total. The summed E-state index contributed by atoms with van der Waals surface area (Å²) in [6.07, 6.45) is 2.58. The first-order chi connectivity index (χ1) is 9.25. The minimum atomic E-state index is -0.681. The van der Waals surface area contributed by atoms with E-state index in [1.807, 2.05) is 30.3 Å². The average Bonchev–Trinajstić information content (AvgIpc) is 2.47. The van der Waals surface area contributed by atoms with E-state index >= 15 is 0 Å². The Kier molecular flexibility index (Phi) is 6.96. The SMILES string of the molecule is I.NC(=NCC(O)c1ccncc1)Nc1ccccc1. The quantitative estimate of drug-likeness (QED) is 0.429. The van der Waals surface area contributed by atoms with Crippen LogP contribution in [0.3, 0.4) is 0 Å². The summed E-state index contributed by atoms with van der Waals surface area (Å²) in [6, 6.07) is 13.0. The number of nitrogens with two attached hydrogens (primary N) is 1. The molecule has 0 aliphatic heterocycles. The summed E-state index contributed by atoms with van der Waals surface area (Å²) in [6.45, 7) is 0.204. The van der Waals surface area contributed by atoms with Crippen molar-refractivity contribution in [2.45, 2.75) is 6.10 Å². The fourth-order valence-electron chi connectivity index (χ4n) is 1.58. The topological polar surface area (TPSA) is 83.5 Å². The van der Waals surface area contributed by atoms with Crippen LogP contribution in [0.5, 0.6) is 0 Å². The van der Waals surface area contributed by atoms with E-state index in [1.54, 1.807) is 24.5 Å². The summed E-state index contributed by atoms with van der Waals surface area (Å²) in [7, 11) is 0. The third kappa shape index (κ3) is 5.14. The highest BCUT2D eigenvalue weighted by molar-refractivity contribution is 14.0. The van der Waals surface area contributed by atoms with Gasteiger partial charge in [0, 0.05) is 18.1 Å². The molecule has 1 aromatic heterocycles. The van der Waals surface area contributed by atoms with Crippen molar-refractivity contribution in [1.29, 1.82) is 0 Å². The molecule has 6 heteroatoms. The normalized spacial score (nSPS) is 12.3. The third-order valence-corrected chi connectivity index (χ3v) is 2.57. The Morgan fingerprint density at radius 2 is 1.85 bits per heavy atom. The first kappa shape index (κ1) is 16.4. The molecule has 20 heavy (non-hydrogen) atoms. The summed E-state index contributed by atoms with van der Waals surface area (Å²) in [5.74, 6) is 0.277. The monoisotopic (exact) mass is 384 g/mol. The van der Waals surface area contributed by atoms with E-state index in [4.69, 9.17) is 5.73 Å². The number of aliphatic hydroxyl groups is 1. The number of benzene rings is 1. The zero-order valence-corrected chi connectivity index (χ0v) is 13.1. The van der Waals surface area contributed by atoms with Crippen molar-refractivity contribution in [2.75, 3.05) is 11.9 Å². The number of halogens is 1. The first-order valence-corrected chi connectivity index (χ1v) is 5.95. The van der Waals surface area contributed by atoms with Gasteiger partial charge in [0.2, 0.25) is 0 Å². The Balaban J connectivity index is 0.00000200. The molecule has 1 heterocycles. The van der Waals surface area contributed by atoms with Crippen molar-refractivity contribution in [3.63, 3.8) is 0 Å². The molecule has 0 aliphatic rings. The number of rotatable bonds is 4. The summed E-state index contributed by atoms with van der Waals surface area (Å²) in [4.78, 5) is 8.00. The van der Waals surface area contributed by atoms with E-state index in [0.717, 1.165) is 11.3 Å². The number of pyridine rings is 1. The maximum absolute atomic E-state index is 9.92. The molecule has 106 valence electrons. The number of aliphatic imine (C=N–C) groups is 1. The standard InChI is InChI=1S/C14H16N4O.HI/c15-14(18-12-4-2-1-3-5-12)17-10-13(19)11-6-8-16-9-7-11;/h1-9,13,19H,10H2,(H3,15,17,18);1H. The first-order valence-electron chi connectivity index (χ1n) is 5.95. The van der Waals surface area contributed by atoms with Crippen molar-refractivity contribution >= 4 is 35.6 Å². The molecule has 0 fully saturated rings.